The van der Waals surface area contributed by atoms with Gasteiger partial charge in [0, 0.05) is 66.1 Å². The van der Waals surface area contributed by atoms with Gasteiger partial charge in [0.05, 0.1) is 28.1 Å². The van der Waals surface area contributed by atoms with E-state index in [-0.39, 0.29) is 28.1 Å². The van der Waals surface area contributed by atoms with Crippen molar-refractivity contribution in [2.45, 2.75) is 171 Å². The summed E-state index contributed by atoms with van der Waals surface area (Å²) >= 11 is 1.87. The third-order valence-electron chi connectivity index (χ3n) is 20.7. The van der Waals surface area contributed by atoms with Gasteiger partial charge in [-0.1, -0.05) is 239 Å². The lowest BCUT2D eigenvalue weighted by Gasteiger charge is -2.30. The van der Waals surface area contributed by atoms with E-state index in [1.165, 1.54) is 126 Å². The van der Waals surface area contributed by atoms with E-state index in [0.717, 1.165) is 51.0 Å². The fraction of sp³-hybridized carbons (Fsp3) is 0.293. The van der Waals surface area contributed by atoms with Crippen LogP contribution in [0.4, 0.5) is 22.7 Å². The van der Waals surface area contributed by atoms with E-state index in [0.29, 0.717) is 18.5 Å². The van der Waals surface area contributed by atoms with Crippen LogP contribution in [-0.2, 0) is 16.2 Å². The van der Waals surface area contributed by atoms with Crippen molar-refractivity contribution in [2.24, 2.45) is 0 Å². The van der Waals surface area contributed by atoms with Gasteiger partial charge in [0.15, 0.2) is 0 Å². The fourth-order valence-corrected chi connectivity index (χ4v) is 16.8. The molecule has 0 bridgehead atoms. The molecule has 0 saturated heterocycles. The summed E-state index contributed by atoms with van der Waals surface area (Å²) in [5.41, 5.74) is 28.2. The second-order valence-electron chi connectivity index (χ2n) is 32.1. The van der Waals surface area contributed by atoms with Crippen LogP contribution in [0, 0.1) is 13.8 Å². The molecule has 98 heavy (non-hydrogen) atoms. The molecule has 1 aliphatic heterocycles. The van der Waals surface area contributed by atoms with Gasteiger partial charge in [-0.15, -0.1) is 11.3 Å². The molecule has 10 aromatic carbocycles. The van der Waals surface area contributed by atoms with E-state index in [2.05, 4.69) is 340 Å². The minimum Gasteiger partial charge on any atom is -0.457 e. The van der Waals surface area contributed by atoms with Crippen LogP contribution in [0.3, 0.4) is 0 Å². The number of benzene rings is 10. The molecule has 0 atom stereocenters. The summed E-state index contributed by atoms with van der Waals surface area (Å²) in [6, 6.07) is 74.2. The van der Waals surface area contributed by atoms with E-state index >= 15 is 0 Å². The maximum atomic E-state index is 7.61. The molecule has 13 aromatic rings. The van der Waals surface area contributed by atoms with Crippen molar-refractivity contribution in [2.75, 3.05) is 16.5 Å². The molecule has 3 aromatic heterocycles. The zero-order valence-corrected chi connectivity index (χ0v) is 62.0. The highest BCUT2D eigenvalue weighted by Gasteiger charge is 2.35. The molecular formula is C92H96N4OS. The van der Waals surface area contributed by atoms with Crippen LogP contribution in [0.25, 0.3) is 92.3 Å². The number of aromatic nitrogens is 2. The van der Waals surface area contributed by atoms with Gasteiger partial charge in [0.25, 0.3) is 0 Å². The van der Waals surface area contributed by atoms with Crippen LogP contribution >= 0.6 is 11.3 Å². The van der Waals surface area contributed by atoms with Gasteiger partial charge in [0.1, 0.15) is 24.0 Å². The predicted octanol–water partition coefficient (Wildman–Crippen LogP) is 27.3. The molecule has 0 saturated carbocycles. The van der Waals surface area contributed by atoms with Crippen LogP contribution in [0.15, 0.2) is 200 Å². The number of nitrogens with zero attached hydrogens (tertiary/aromatic N) is 4. The Morgan fingerprint density at radius 2 is 0.949 bits per heavy atom. The van der Waals surface area contributed by atoms with E-state index in [4.69, 9.17) is 9.72 Å². The van der Waals surface area contributed by atoms with Crippen molar-refractivity contribution in [1.29, 1.82) is 0 Å². The summed E-state index contributed by atoms with van der Waals surface area (Å²) < 4.78 is 12.5. The summed E-state index contributed by atoms with van der Waals surface area (Å²) in [5, 5.41) is 4.95. The Balaban J connectivity index is 1.03. The average molecular weight is 1310 g/mol. The van der Waals surface area contributed by atoms with Gasteiger partial charge >= 0.3 is 0 Å². The van der Waals surface area contributed by atoms with Gasteiger partial charge < -0.3 is 14.5 Å². The van der Waals surface area contributed by atoms with Gasteiger partial charge in [0.2, 0.25) is 0 Å². The van der Waals surface area contributed by atoms with Crippen LogP contribution in [-0.4, -0.2) is 16.2 Å². The maximum absolute atomic E-state index is 7.61. The number of pyridine rings is 1. The number of fused-ring (bicyclic) bond motifs is 8. The molecule has 0 fully saturated rings. The first-order valence-electron chi connectivity index (χ1n) is 35.6. The van der Waals surface area contributed by atoms with Crippen molar-refractivity contribution < 1.29 is 4.74 Å². The lowest BCUT2D eigenvalue weighted by molar-refractivity contribution is 0.483. The highest BCUT2D eigenvalue weighted by Crippen LogP contribution is 2.55. The number of thiophene rings is 1. The van der Waals surface area contributed by atoms with Crippen LogP contribution in [0.2, 0.25) is 0 Å². The van der Waals surface area contributed by atoms with Crippen LogP contribution in [0.5, 0.6) is 11.5 Å². The van der Waals surface area contributed by atoms with E-state index < -0.39 is 0 Å². The number of rotatable bonds is 13. The first-order chi connectivity index (χ1) is 46.6. The summed E-state index contributed by atoms with van der Waals surface area (Å²) in [6.45, 7) is 44.5. The summed E-state index contributed by atoms with van der Waals surface area (Å²) in [4.78, 5) is 10.4. The van der Waals surface area contributed by atoms with Crippen LogP contribution in [0.1, 0.15) is 191 Å². The fourth-order valence-electron chi connectivity index (χ4n) is 15.5. The number of hydrogen-bond donors (Lipinski definition) is 0. The van der Waals surface area contributed by atoms with Gasteiger partial charge in [-0.25, -0.2) is 4.98 Å². The maximum Gasteiger partial charge on any atom is 0.137 e. The quantitative estimate of drug-likeness (QED) is 0.115. The first kappa shape index (κ1) is 66.0. The number of hydrogen-bond acceptors (Lipinski definition) is 5. The average Bonchev–Trinajstić information content (AvgIpc) is 1.54. The van der Waals surface area contributed by atoms with Gasteiger partial charge in [-0.3, -0.25) is 4.57 Å². The lowest BCUT2D eigenvalue weighted by Crippen LogP contribution is -2.25. The second-order valence-corrected chi connectivity index (χ2v) is 33.2. The van der Waals surface area contributed by atoms with Gasteiger partial charge in [-0.2, -0.15) is 0 Å². The molecule has 496 valence electrons. The van der Waals surface area contributed by atoms with Crippen molar-refractivity contribution in [3.8, 4) is 61.8 Å². The normalized spacial score (nSPS) is 13.1. The minimum absolute atomic E-state index is 0.00199. The predicted molar refractivity (Wildman–Crippen MR) is 424 cm³/mol. The van der Waals surface area contributed by atoms with E-state index in [9.17, 15) is 0 Å². The van der Waals surface area contributed by atoms with Crippen molar-refractivity contribution >= 4 is 76.1 Å². The molecule has 0 spiro atoms. The molecule has 6 heteroatoms. The largest absolute Gasteiger partial charge is 0.457 e. The molecule has 0 radical (unpaired) electrons. The molecule has 14 rings (SSSR count). The SMILES string of the molecule is Cc1cc(C)c(-c2ccc(C(C)(C)C)cc2)c(N2CN(c3cc(Oc4ccc5c6c7sc8ccccc8c7ccc6n(-c6cc(C(C)(C)C)ccn6)c5c4)cc(-c4c(C(C)C)cccc4C(C)C)c3)c3cc(-c4c(C(C)C)cccc4C(C)C)ccc32)c1-c1ccc(C(C)(C)C)cc1. The molecule has 0 amide bonds. The molecule has 0 aliphatic carbocycles. The van der Waals surface area contributed by atoms with Crippen molar-refractivity contribution in [1.82, 2.24) is 9.55 Å². The summed E-state index contributed by atoms with van der Waals surface area (Å²) in [7, 11) is 0. The Morgan fingerprint density at radius 3 is 1.51 bits per heavy atom. The Kier molecular flexibility index (Phi) is 16.8. The van der Waals surface area contributed by atoms with Crippen molar-refractivity contribution in [3.63, 3.8) is 0 Å². The summed E-state index contributed by atoms with van der Waals surface area (Å²) in [5.74, 6) is 3.55. The molecule has 4 heterocycles. The van der Waals surface area contributed by atoms with Crippen LogP contribution < -0.4 is 14.5 Å². The standard InChI is InChI=1S/C92H96N4OS/c1-54(2)70-25-22-26-71(55(3)4)85(70)62-34-42-77-80(49-62)94(53-95(77)88-83(60-30-35-64(36-31-60)90(11,12)13)58(9)46-59(10)84(88)61-32-37-65(38-33-61)91(14,15)16)67-47-63(86-72(56(5)6)27-23-28-73(86)57(7)8)48-69(51-67)97-68-39-40-76-79(52-68)96(82-50-66(44-45-93-82)92(17,18)19)78-43-41-75-74-24-20-21-29-81(74)98-89(75)87(76)78/h20-52,54-57H,53H2,1-19H3. The Bertz CT molecular complexity index is 5110. The molecule has 0 unspecified atom stereocenters. The Morgan fingerprint density at radius 1 is 0.408 bits per heavy atom. The second kappa shape index (κ2) is 24.9. The number of anilines is 4. The van der Waals surface area contributed by atoms with E-state index in [1.807, 2.05) is 17.5 Å². The first-order valence-corrected chi connectivity index (χ1v) is 36.4. The third-order valence-corrected chi connectivity index (χ3v) is 21.9. The highest BCUT2D eigenvalue weighted by molar-refractivity contribution is 7.26. The topological polar surface area (TPSA) is 33.5 Å². The lowest BCUT2D eigenvalue weighted by atomic mass is 9.83. The third kappa shape index (κ3) is 11.8. The minimum atomic E-state index is -0.0832. The smallest absolute Gasteiger partial charge is 0.137 e. The van der Waals surface area contributed by atoms with E-state index in [1.54, 1.807) is 0 Å². The number of ether oxygens (including phenoxy) is 1. The Hall–Kier alpha value is -9.23. The zero-order chi connectivity index (χ0) is 69.2. The Labute approximate surface area is 586 Å². The summed E-state index contributed by atoms with van der Waals surface area (Å²) in [6.07, 6.45) is 1.97. The van der Waals surface area contributed by atoms with Crippen molar-refractivity contribution in [3.05, 3.63) is 250 Å². The molecular weight excluding hydrogens is 1210 g/mol. The van der Waals surface area contributed by atoms with Gasteiger partial charge in [-0.05, 0) is 198 Å². The monoisotopic (exact) mass is 1300 g/mol. The number of aryl methyl sites for hydroxylation is 2. The molecule has 1 aliphatic rings. The highest BCUT2D eigenvalue weighted by atomic mass is 32.1. The molecule has 5 nitrogen and oxygen atoms in total. The molecule has 0 N–H and O–H groups in total. The zero-order valence-electron chi connectivity index (χ0n) is 61.2.